The highest BCUT2D eigenvalue weighted by molar-refractivity contribution is 6.30. The highest BCUT2D eigenvalue weighted by Crippen LogP contribution is 2.24. The molecule has 1 heterocycles. The lowest BCUT2D eigenvalue weighted by atomic mass is 9.91. The highest BCUT2D eigenvalue weighted by Gasteiger charge is 2.30. The summed E-state index contributed by atoms with van der Waals surface area (Å²) in [4.78, 5) is 14.2. The normalized spacial score (nSPS) is 16.8. The molecule has 1 amide bonds. The van der Waals surface area contributed by atoms with Gasteiger partial charge in [-0.2, -0.15) is 0 Å². The van der Waals surface area contributed by atoms with Gasteiger partial charge in [0.05, 0.1) is 6.61 Å². The molecule has 0 radical (unpaired) electrons. The third-order valence-corrected chi connectivity index (χ3v) is 4.33. The molecule has 1 aromatic rings. The molecule has 122 valence electrons. The van der Waals surface area contributed by atoms with Crippen LogP contribution in [0.2, 0.25) is 5.02 Å². The van der Waals surface area contributed by atoms with Gasteiger partial charge in [0.2, 0.25) is 5.91 Å². The van der Waals surface area contributed by atoms with Crippen molar-refractivity contribution in [2.75, 3.05) is 19.7 Å². The van der Waals surface area contributed by atoms with Crippen LogP contribution in [0, 0.1) is 11.3 Å². The van der Waals surface area contributed by atoms with Crippen molar-refractivity contribution in [2.24, 2.45) is 11.3 Å². The first-order valence-corrected chi connectivity index (χ1v) is 8.35. The third-order valence-electron chi connectivity index (χ3n) is 4.08. The molecule has 3 nitrogen and oxygen atoms in total. The summed E-state index contributed by atoms with van der Waals surface area (Å²) in [6, 6.07) is 7.76. The molecule has 0 aliphatic carbocycles. The Morgan fingerprint density at radius 1 is 1.23 bits per heavy atom. The van der Waals surface area contributed by atoms with E-state index in [0.717, 1.165) is 43.1 Å². The van der Waals surface area contributed by atoms with Gasteiger partial charge in [0.1, 0.15) is 0 Å². The second-order valence-corrected chi connectivity index (χ2v) is 7.56. The number of likely N-dealkylation sites (tertiary alicyclic amines) is 1. The summed E-state index contributed by atoms with van der Waals surface area (Å²) in [5, 5.41) is 0.750. The first-order valence-electron chi connectivity index (χ1n) is 7.98. The number of carbonyl (C=O) groups excluding carboxylic acids is 1. The number of hydrogen-bond acceptors (Lipinski definition) is 2. The fourth-order valence-corrected chi connectivity index (χ4v) is 2.83. The summed E-state index contributed by atoms with van der Waals surface area (Å²) < 4.78 is 5.82. The molecule has 22 heavy (non-hydrogen) atoms. The lowest BCUT2D eigenvalue weighted by Gasteiger charge is -2.35. The van der Waals surface area contributed by atoms with Crippen LogP contribution in [0.25, 0.3) is 0 Å². The van der Waals surface area contributed by atoms with Crippen molar-refractivity contribution >= 4 is 17.5 Å². The average Bonchev–Trinajstić information content (AvgIpc) is 2.48. The van der Waals surface area contributed by atoms with Gasteiger partial charge < -0.3 is 9.64 Å². The summed E-state index contributed by atoms with van der Waals surface area (Å²) in [6.45, 7) is 9.04. The highest BCUT2D eigenvalue weighted by atomic mass is 35.5. The first kappa shape index (κ1) is 17.3. The maximum Gasteiger partial charge on any atom is 0.227 e. The lowest BCUT2D eigenvalue weighted by molar-refractivity contribution is -0.141. The van der Waals surface area contributed by atoms with Crippen molar-refractivity contribution in [3.63, 3.8) is 0 Å². The number of nitrogens with zero attached hydrogens (tertiary/aromatic N) is 1. The molecule has 0 N–H and O–H groups in total. The molecule has 4 heteroatoms. The summed E-state index contributed by atoms with van der Waals surface area (Å²) in [6.07, 6.45) is 2.06. The van der Waals surface area contributed by atoms with Crippen LogP contribution in [0.4, 0.5) is 0 Å². The Hall–Kier alpha value is -1.06. The van der Waals surface area contributed by atoms with Crippen LogP contribution in [-0.2, 0) is 16.1 Å². The Morgan fingerprint density at radius 2 is 1.82 bits per heavy atom. The van der Waals surface area contributed by atoms with E-state index in [9.17, 15) is 4.79 Å². The Labute approximate surface area is 138 Å². The standard InChI is InChI=1S/C18H26ClNO2/c1-18(2,3)17(21)20-10-8-15(9-11-20)13-22-12-14-4-6-16(19)7-5-14/h4-7,15H,8-13H2,1-3H3. The maximum atomic E-state index is 12.2. The van der Waals surface area contributed by atoms with E-state index in [2.05, 4.69) is 0 Å². The Balaban J connectivity index is 1.69. The van der Waals surface area contributed by atoms with Crippen LogP contribution >= 0.6 is 11.6 Å². The largest absolute Gasteiger partial charge is 0.376 e. The fourth-order valence-electron chi connectivity index (χ4n) is 2.70. The van der Waals surface area contributed by atoms with Gasteiger partial charge in [0.25, 0.3) is 0 Å². The van der Waals surface area contributed by atoms with E-state index in [4.69, 9.17) is 16.3 Å². The van der Waals surface area contributed by atoms with Crippen molar-refractivity contribution in [3.8, 4) is 0 Å². The average molecular weight is 324 g/mol. The topological polar surface area (TPSA) is 29.5 Å². The van der Waals surface area contributed by atoms with Crippen LogP contribution in [0.15, 0.2) is 24.3 Å². The van der Waals surface area contributed by atoms with Crippen molar-refractivity contribution in [1.29, 1.82) is 0 Å². The van der Waals surface area contributed by atoms with Gasteiger partial charge >= 0.3 is 0 Å². The zero-order valence-corrected chi connectivity index (χ0v) is 14.5. The summed E-state index contributed by atoms with van der Waals surface area (Å²) in [5.74, 6) is 0.810. The minimum absolute atomic E-state index is 0.257. The van der Waals surface area contributed by atoms with Gasteiger partial charge in [0.15, 0.2) is 0 Å². The quantitative estimate of drug-likeness (QED) is 0.833. The van der Waals surface area contributed by atoms with Crippen molar-refractivity contribution in [1.82, 2.24) is 4.90 Å². The van der Waals surface area contributed by atoms with Crippen LogP contribution in [0.5, 0.6) is 0 Å². The van der Waals surface area contributed by atoms with Crippen LogP contribution < -0.4 is 0 Å². The van der Waals surface area contributed by atoms with E-state index in [-0.39, 0.29) is 11.3 Å². The third kappa shape index (κ3) is 4.99. The number of rotatable bonds is 4. The summed E-state index contributed by atoms with van der Waals surface area (Å²) >= 11 is 5.87. The number of carbonyl (C=O) groups is 1. The molecular weight excluding hydrogens is 298 g/mol. The molecule has 2 rings (SSSR count). The van der Waals surface area contributed by atoms with Gasteiger partial charge in [-0.05, 0) is 36.5 Å². The Kier molecular flexibility index (Phi) is 5.87. The fraction of sp³-hybridized carbons (Fsp3) is 0.611. The Morgan fingerprint density at radius 3 is 2.36 bits per heavy atom. The second kappa shape index (κ2) is 7.47. The van der Waals surface area contributed by atoms with Crippen molar-refractivity contribution in [2.45, 2.75) is 40.2 Å². The number of ether oxygens (including phenoxy) is 1. The van der Waals surface area contributed by atoms with Gasteiger partial charge in [-0.25, -0.2) is 0 Å². The number of hydrogen-bond donors (Lipinski definition) is 0. The van der Waals surface area contributed by atoms with E-state index < -0.39 is 0 Å². The molecular formula is C18H26ClNO2. The number of amides is 1. The van der Waals surface area contributed by atoms with Crippen molar-refractivity contribution < 1.29 is 9.53 Å². The lowest BCUT2D eigenvalue weighted by Crippen LogP contribution is -2.44. The zero-order valence-electron chi connectivity index (χ0n) is 13.8. The molecule has 0 atom stereocenters. The SMILES string of the molecule is CC(C)(C)C(=O)N1CCC(COCc2ccc(Cl)cc2)CC1. The molecule has 1 saturated heterocycles. The predicted molar refractivity (Wildman–Crippen MR) is 89.9 cm³/mol. The zero-order chi connectivity index (χ0) is 16.2. The Bertz CT molecular complexity index is 485. The first-order chi connectivity index (χ1) is 10.4. The minimum Gasteiger partial charge on any atom is -0.376 e. The molecule has 1 fully saturated rings. The van der Waals surface area contributed by atoms with Crippen LogP contribution in [0.3, 0.4) is 0 Å². The summed E-state index contributed by atoms with van der Waals surface area (Å²) in [7, 11) is 0. The van der Waals surface area contributed by atoms with Crippen molar-refractivity contribution in [3.05, 3.63) is 34.9 Å². The van der Waals surface area contributed by atoms with Crippen LogP contribution in [-0.4, -0.2) is 30.5 Å². The smallest absolute Gasteiger partial charge is 0.227 e. The van der Waals surface area contributed by atoms with Crippen LogP contribution in [0.1, 0.15) is 39.2 Å². The molecule has 0 saturated carbocycles. The van der Waals surface area contributed by atoms with E-state index in [0.29, 0.717) is 12.5 Å². The van der Waals surface area contributed by atoms with Gasteiger partial charge in [-0.3, -0.25) is 4.79 Å². The van der Waals surface area contributed by atoms with Gasteiger partial charge in [-0.1, -0.05) is 44.5 Å². The molecule has 0 bridgehead atoms. The van der Waals surface area contributed by atoms with Gasteiger partial charge in [0, 0.05) is 30.1 Å². The van der Waals surface area contributed by atoms with E-state index in [1.807, 2.05) is 49.9 Å². The number of halogens is 1. The predicted octanol–water partition coefficient (Wildman–Crippen LogP) is 4.14. The summed E-state index contributed by atoms with van der Waals surface area (Å²) in [5.41, 5.74) is 0.863. The monoisotopic (exact) mass is 323 g/mol. The molecule has 1 aromatic carbocycles. The molecule has 0 spiro atoms. The number of piperidine rings is 1. The van der Waals surface area contributed by atoms with Gasteiger partial charge in [-0.15, -0.1) is 0 Å². The minimum atomic E-state index is -0.280. The maximum absolute atomic E-state index is 12.2. The second-order valence-electron chi connectivity index (χ2n) is 7.13. The molecule has 1 aliphatic rings. The van der Waals surface area contributed by atoms with E-state index in [1.165, 1.54) is 0 Å². The molecule has 0 unspecified atom stereocenters. The molecule has 1 aliphatic heterocycles. The van der Waals surface area contributed by atoms with E-state index >= 15 is 0 Å². The number of benzene rings is 1. The molecule has 0 aromatic heterocycles. The van der Waals surface area contributed by atoms with E-state index in [1.54, 1.807) is 0 Å².